The molecule has 294 valence electrons. The lowest BCUT2D eigenvalue weighted by Crippen LogP contribution is -2.52. The molecule has 0 spiro atoms. The Morgan fingerprint density at radius 3 is 2.55 bits per heavy atom. The van der Waals surface area contributed by atoms with Gasteiger partial charge in [0, 0.05) is 73.9 Å². The van der Waals surface area contributed by atoms with E-state index in [2.05, 4.69) is 37.4 Å². The predicted molar refractivity (Wildman–Crippen MR) is 216 cm³/mol. The van der Waals surface area contributed by atoms with Crippen molar-refractivity contribution >= 4 is 57.9 Å². The van der Waals surface area contributed by atoms with Crippen LogP contribution in [0.25, 0.3) is 11.0 Å². The molecule has 8 rings (SSSR count). The van der Waals surface area contributed by atoms with Crippen molar-refractivity contribution in [1.82, 2.24) is 30.1 Å². The third-order valence-corrected chi connectivity index (χ3v) is 11.1. The standard InChI is InChI=1S/C44H40ClN7O6/c45-35-23-30(58-29-11-5-3-6-12-29)15-16-32(35)40(55)33-24-46-41-39(33)42(48-26-47-41)49-28-19-21-51(22-20-28)38(54)14-7-2-1-4-9-27-10-8-13-31-34(27)25-52(44(31)57)36-17-18-37(53)50-43(36)56/h3,5-6,8,10-13,15-16,23-24,26,28,36H,1-2,7,14,17-22,25H2,(H,50,53,56)(H2,46,47,48,49). The van der Waals surface area contributed by atoms with E-state index in [-0.39, 0.29) is 47.5 Å². The van der Waals surface area contributed by atoms with Crippen molar-refractivity contribution in [2.24, 2.45) is 0 Å². The quantitative estimate of drug-likeness (QED) is 0.0593. The molecular weight excluding hydrogens is 758 g/mol. The molecule has 0 bridgehead atoms. The molecule has 2 aromatic heterocycles. The Labute approximate surface area is 339 Å². The van der Waals surface area contributed by atoms with Crippen LogP contribution in [0.2, 0.25) is 5.02 Å². The number of hydrogen-bond acceptors (Lipinski definition) is 9. The summed E-state index contributed by atoms with van der Waals surface area (Å²) in [5, 5.41) is 6.68. The highest BCUT2D eigenvalue weighted by Gasteiger charge is 2.39. The van der Waals surface area contributed by atoms with Gasteiger partial charge in [0.2, 0.25) is 17.7 Å². The number of nitrogens with one attached hydrogen (secondary N) is 3. The molecule has 3 aliphatic heterocycles. The topological polar surface area (TPSA) is 167 Å². The zero-order chi connectivity index (χ0) is 40.2. The van der Waals surface area contributed by atoms with Crippen molar-refractivity contribution in [1.29, 1.82) is 0 Å². The zero-order valence-corrected chi connectivity index (χ0v) is 32.3. The summed E-state index contributed by atoms with van der Waals surface area (Å²) in [5.41, 5.74) is 3.33. The minimum Gasteiger partial charge on any atom is -0.457 e. The number of halogens is 1. The Hall–Kier alpha value is -6.52. The maximum atomic E-state index is 13.8. The Balaban J connectivity index is 0.812. The summed E-state index contributed by atoms with van der Waals surface area (Å²) in [4.78, 5) is 79.4. The highest BCUT2D eigenvalue weighted by atomic mass is 35.5. The van der Waals surface area contributed by atoms with Crippen molar-refractivity contribution in [2.75, 3.05) is 18.4 Å². The van der Waals surface area contributed by atoms with Gasteiger partial charge in [-0.2, -0.15) is 0 Å². The van der Waals surface area contributed by atoms with Gasteiger partial charge in [-0.3, -0.25) is 29.3 Å². The molecule has 0 saturated carbocycles. The first-order chi connectivity index (χ1) is 28.2. The number of carbonyl (C=O) groups is 5. The molecule has 14 heteroatoms. The van der Waals surface area contributed by atoms with Gasteiger partial charge in [-0.1, -0.05) is 47.7 Å². The number of para-hydroxylation sites is 1. The van der Waals surface area contributed by atoms with Crippen LogP contribution in [-0.2, 0) is 20.9 Å². The molecule has 1 unspecified atom stereocenters. The van der Waals surface area contributed by atoms with Gasteiger partial charge in [-0.05, 0) is 74.1 Å². The van der Waals surface area contributed by atoms with Gasteiger partial charge < -0.3 is 24.8 Å². The average molecular weight is 798 g/mol. The molecule has 3 aromatic carbocycles. The van der Waals surface area contributed by atoms with E-state index in [0.717, 1.165) is 30.4 Å². The number of benzene rings is 3. The van der Waals surface area contributed by atoms with Crippen molar-refractivity contribution in [2.45, 2.75) is 70.0 Å². The number of aromatic amines is 1. The monoisotopic (exact) mass is 797 g/mol. The second-order valence-electron chi connectivity index (χ2n) is 14.6. The summed E-state index contributed by atoms with van der Waals surface area (Å²) in [6, 6.07) is 19.1. The Morgan fingerprint density at radius 1 is 0.931 bits per heavy atom. The van der Waals surface area contributed by atoms with Crippen LogP contribution < -0.4 is 15.4 Å². The summed E-state index contributed by atoms with van der Waals surface area (Å²) in [5.74, 6) is 6.97. The van der Waals surface area contributed by atoms with Gasteiger partial charge in [-0.15, -0.1) is 0 Å². The van der Waals surface area contributed by atoms with E-state index in [0.29, 0.717) is 83.8 Å². The summed E-state index contributed by atoms with van der Waals surface area (Å²) in [6.45, 7) is 1.48. The Kier molecular flexibility index (Phi) is 11.2. The molecule has 3 N–H and O–H groups in total. The van der Waals surface area contributed by atoms with Crippen LogP contribution in [0, 0.1) is 11.8 Å². The smallest absolute Gasteiger partial charge is 0.255 e. The van der Waals surface area contributed by atoms with Crippen molar-refractivity contribution in [3.63, 3.8) is 0 Å². The number of carbonyl (C=O) groups excluding carboxylic acids is 5. The fraction of sp³-hybridized carbons (Fsp3) is 0.295. The normalized spacial score (nSPS) is 16.8. The lowest BCUT2D eigenvalue weighted by atomic mass is 10.0. The number of rotatable bonds is 11. The van der Waals surface area contributed by atoms with E-state index in [9.17, 15) is 24.0 Å². The number of unbranched alkanes of at least 4 members (excludes halogenated alkanes) is 2. The largest absolute Gasteiger partial charge is 0.457 e. The number of imide groups is 1. The summed E-state index contributed by atoms with van der Waals surface area (Å²) in [6.07, 6.45) is 7.52. The third-order valence-electron chi connectivity index (χ3n) is 10.8. The summed E-state index contributed by atoms with van der Waals surface area (Å²) in [7, 11) is 0. The molecule has 13 nitrogen and oxygen atoms in total. The van der Waals surface area contributed by atoms with Crippen LogP contribution in [0.5, 0.6) is 11.5 Å². The Morgan fingerprint density at radius 2 is 1.76 bits per heavy atom. The van der Waals surface area contributed by atoms with Crippen LogP contribution in [-0.4, -0.2) is 79.3 Å². The minimum absolute atomic E-state index is 0.0408. The van der Waals surface area contributed by atoms with Crippen LogP contribution in [0.15, 0.2) is 79.3 Å². The van der Waals surface area contributed by atoms with E-state index >= 15 is 0 Å². The third kappa shape index (κ3) is 8.15. The molecule has 1 atom stereocenters. The maximum absolute atomic E-state index is 13.8. The zero-order valence-electron chi connectivity index (χ0n) is 31.6. The first kappa shape index (κ1) is 38.4. The first-order valence-electron chi connectivity index (χ1n) is 19.4. The van der Waals surface area contributed by atoms with Crippen molar-refractivity contribution in [3.8, 4) is 23.3 Å². The average Bonchev–Trinajstić information content (AvgIpc) is 3.82. The first-order valence-corrected chi connectivity index (χ1v) is 19.8. The second-order valence-corrected chi connectivity index (χ2v) is 15.0. The van der Waals surface area contributed by atoms with Gasteiger partial charge in [0.1, 0.15) is 35.3 Å². The highest BCUT2D eigenvalue weighted by molar-refractivity contribution is 6.35. The number of aromatic nitrogens is 3. The lowest BCUT2D eigenvalue weighted by Gasteiger charge is -2.33. The molecule has 2 fully saturated rings. The SMILES string of the molecule is O=C1CCC(N2Cc3c(C#CCCCCC(=O)N4CCC(Nc5ncnc6[nH]cc(C(=O)c7ccc(Oc8ccccc8)cc7Cl)c56)CC4)cccc3C2=O)C(=O)N1. The van der Waals surface area contributed by atoms with Crippen LogP contribution >= 0.6 is 11.6 Å². The molecular formula is C44H40ClN7O6. The number of amides is 4. The van der Waals surface area contributed by atoms with Crippen LogP contribution in [0.4, 0.5) is 5.82 Å². The number of nitrogens with zero attached hydrogens (tertiary/aromatic N) is 4. The van der Waals surface area contributed by atoms with E-state index in [1.807, 2.05) is 41.3 Å². The molecule has 0 radical (unpaired) electrons. The van der Waals surface area contributed by atoms with Gasteiger partial charge >= 0.3 is 0 Å². The number of likely N-dealkylation sites (tertiary alicyclic amines) is 1. The maximum Gasteiger partial charge on any atom is 0.255 e. The fourth-order valence-electron chi connectivity index (χ4n) is 7.74. The number of H-pyrrole nitrogens is 1. The van der Waals surface area contributed by atoms with Crippen LogP contribution in [0.1, 0.15) is 88.8 Å². The second kappa shape index (κ2) is 16.9. The summed E-state index contributed by atoms with van der Waals surface area (Å²) < 4.78 is 5.88. The fourth-order valence-corrected chi connectivity index (χ4v) is 8.00. The van der Waals surface area contributed by atoms with Crippen molar-refractivity contribution < 1.29 is 28.7 Å². The number of ketones is 1. The van der Waals surface area contributed by atoms with Crippen molar-refractivity contribution in [3.05, 3.63) is 112 Å². The molecule has 5 aromatic rings. The number of anilines is 1. The van der Waals surface area contributed by atoms with E-state index < -0.39 is 11.9 Å². The predicted octanol–water partition coefficient (Wildman–Crippen LogP) is 6.41. The van der Waals surface area contributed by atoms with Crippen LogP contribution in [0.3, 0.4) is 0 Å². The highest BCUT2D eigenvalue weighted by Crippen LogP contribution is 2.33. The molecule has 2 saturated heterocycles. The minimum atomic E-state index is -0.671. The lowest BCUT2D eigenvalue weighted by molar-refractivity contribution is -0.137. The number of fused-ring (bicyclic) bond motifs is 2. The number of ether oxygens (including phenoxy) is 1. The summed E-state index contributed by atoms with van der Waals surface area (Å²) >= 11 is 6.60. The Bertz CT molecular complexity index is 2480. The molecule has 5 heterocycles. The van der Waals surface area contributed by atoms with E-state index in [1.165, 1.54) is 11.2 Å². The number of hydrogen-bond donors (Lipinski definition) is 3. The van der Waals surface area contributed by atoms with E-state index in [4.69, 9.17) is 16.3 Å². The molecule has 0 aliphatic carbocycles. The molecule has 58 heavy (non-hydrogen) atoms. The molecule has 3 aliphatic rings. The van der Waals surface area contributed by atoms with Gasteiger partial charge in [-0.25, -0.2) is 9.97 Å². The van der Waals surface area contributed by atoms with Gasteiger partial charge in [0.15, 0.2) is 5.78 Å². The number of piperidine rings is 2. The van der Waals surface area contributed by atoms with E-state index in [1.54, 1.807) is 36.5 Å². The van der Waals surface area contributed by atoms with Gasteiger partial charge in [0.25, 0.3) is 5.91 Å². The van der Waals surface area contributed by atoms with Gasteiger partial charge in [0.05, 0.1) is 16.0 Å². The molecule has 4 amide bonds.